The second-order valence-electron chi connectivity index (χ2n) is 14.9. The summed E-state index contributed by atoms with van der Waals surface area (Å²) in [5, 5.41) is 23.3. The normalized spacial score (nSPS) is 12.8. The highest BCUT2D eigenvalue weighted by molar-refractivity contribution is 6.06. The first-order valence-electron chi connectivity index (χ1n) is 20.1. The number of hydrogen-bond acceptors (Lipinski definition) is 8. The van der Waals surface area contributed by atoms with Gasteiger partial charge in [0.15, 0.2) is 12.8 Å². The van der Waals surface area contributed by atoms with Crippen molar-refractivity contribution in [2.45, 2.75) is 64.8 Å². The molecule has 2 fully saturated rings. The first-order chi connectivity index (χ1) is 29.6. The van der Waals surface area contributed by atoms with E-state index in [-0.39, 0.29) is 42.3 Å². The summed E-state index contributed by atoms with van der Waals surface area (Å²) in [6.45, 7) is 4.26. The van der Waals surface area contributed by atoms with Gasteiger partial charge in [-0.25, -0.2) is 0 Å². The largest absolute Gasteiger partial charge is 0.618 e. The Labute approximate surface area is 353 Å². The van der Waals surface area contributed by atoms with Crippen molar-refractivity contribution in [2.24, 2.45) is 0 Å². The van der Waals surface area contributed by atoms with Crippen LogP contribution in [-0.2, 0) is 13.2 Å². The van der Waals surface area contributed by atoms with Gasteiger partial charge in [0.2, 0.25) is 5.69 Å². The molecule has 2 aliphatic carbocycles. The lowest BCUT2D eigenvalue weighted by Gasteiger charge is -2.11. The SMILES string of the molecule is Cc1ccc(C(=O)NC2CC2)cc1NC(=O)c1ccc(OCc2cccc[n+]2[O-])cc1.Cc1ccc(C(=O)NC2CC2)cc1NC(=O)c1ccc(OCc2ccccn2)cc1. The smallest absolute Gasteiger partial charge is 0.255 e. The highest BCUT2D eigenvalue weighted by Gasteiger charge is 2.25. The maximum absolute atomic E-state index is 12.7. The van der Waals surface area contributed by atoms with E-state index in [1.165, 1.54) is 6.20 Å². The summed E-state index contributed by atoms with van der Waals surface area (Å²) >= 11 is 0. The van der Waals surface area contributed by atoms with Crippen LogP contribution in [0.25, 0.3) is 0 Å². The average molecular weight is 819 g/mol. The summed E-state index contributed by atoms with van der Waals surface area (Å²) in [5.74, 6) is 0.450. The molecule has 61 heavy (non-hydrogen) atoms. The van der Waals surface area contributed by atoms with Crippen LogP contribution < -0.4 is 35.5 Å². The van der Waals surface area contributed by atoms with Gasteiger partial charge < -0.3 is 35.9 Å². The number of benzene rings is 4. The summed E-state index contributed by atoms with van der Waals surface area (Å²) in [6.07, 6.45) is 7.23. The summed E-state index contributed by atoms with van der Waals surface area (Å²) in [4.78, 5) is 54.1. The minimum Gasteiger partial charge on any atom is -0.618 e. The first kappa shape index (κ1) is 41.6. The zero-order valence-electron chi connectivity index (χ0n) is 33.9. The molecule has 8 rings (SSSR count). The molecule has 2 aliphatic rings. The molecule has 0 aliphatic heterocycles. The molecule has 13 heteroatoms. The maximum Gasteiger partial charge on any atom is 0.255 e. The zero-order valence-corrected chi connectivity index (χ0v) is 33.9. The molecule has 0 bridgehead atoms. The van der Waals surface area contributed by atoms with E-state index >= 15 is 0 Å². The number of rotatable bonds is 14. The number of nitrogens with one attached hydrogen (secondary N) is 4. The second-order valence-corrected chi connectivity index (χ2v) is 14.9. The molecule has 4 aromatic carbocycles. The fourth-order valence-corrected chi connectivity index (χ4v) is 5.96. The highest BCUT2D eigenvalue weighted by atomic mass is 16.5. The minimum absolute atomic E-state index is 0.109. The third-order valence-corrected chi connectivity index (χ3v) is 9.96. The summed E-state index contributed by atoms with van der Waals surface area (Å²) < 4.78 is 12.1. The molecule has 0 unspecified atom stereocenters. The van der Waals surface area contributed by atoms with Gasteiger partial charge in [-0.05, 0) is 142 Å². The third kappa shape index (κ3) is 12.0. The van der Waals surface area contributed by atoms with E-state index in [0.717, 1.165) is 47.2 Å². The van der Waals surface area contributed by atoms with Gasteiger partial charge in [-0.2, -0.15) is 4.73 Å². The zero-order chi connectivity index (χ0) is 42.7. The van der Waals surface area contributed by atoms with Gasteiger partial charge in [-0.3, -0.25) is 24.2 Å². The van der Waals surface area contributed by atoms with Gasteiger partial charge in [0.05, 0.1) is 5.69 Å². The molecule has 2 aromatic heterocycles. The number of ether oxygens (including phenoxy) is 2. The highest BCUT2D eigenvalue weighted by Crippen LogP contribution is 2.24. The molecule has 2 saturated carbocycles. The van der Waals surface area contributed by atoms with Crippen molar-refractivity contribution in [3.63, 3.8) is 0 Å². The van der Waals surface area contributed by atoms with Crippen LogP contribution in [0.4, 0.5) is 11.4 Å². The predicted molar refractivity (Wildman–Crippen MR) is 230 cm³/mol. The molecule has 4 N–H and O–H groups in total. The van der Waals surface area contributed by atoms with Crippen LogP contribution in [-0.4, -0.2) is 40.7 Å². The molecular weight excluding hydrogens is 773 g/mol. The number of carbonyl (C=O) groups is 4. The fraction of sp³-hybridized carbons (Fsp3) is 0.208. The standard InChI is InChI=1S/C24H23N3O4.C24H23N3O3/c1-16-5-6-18(24(29)25-19-9-10-19)14-22(16)26-23(28)17-7-11-21(12-8-17)31-15-20-4-2-3-13-27(20)30;1-16-5-6-18(24(29)26-19-9-10-19)14-22(16)27-23(28)17-7-11-21(12-8-17)30-15-20-4-2-3-13-25-20/h2-8,11-14,19H,9-10,15H2,1H3,(H,25,29)(H,26,28);2-8,11-14,19H,9-10,15H2,1H3,(H,26,29)(H,27,28). The Bertz CT molecular complexity index is 2500. The van der Waals surface area contributed by atoms with E-state index in [9.17, 15) is 24.4 Å². The van der Waals surface area contributed by atoms with Crippen LogP contribution in [0.1, 0.15) is 89.6 Å². The molecule has 0 atom stereocenters. The Morgan fingerprint density at radius 3 is 1.52 bits per heavy atom. The van der Waals surface area contributed by atoms with Crippen molar-refractivity contribution in [1.82, 2.24) is 15.6 Å². The minimum atomic E-state index is -0.283. The molecular formula is C48H46N6O7. The van der Waals surface area contributed by atoms with Crippen molar-refractivity contribution < 1.29 is 33.4 Å². The van der Waals surface area contributed by atoms with Gasteiger partial charge >= 0.3 is 0 Å². The lowest BCUT2D eigenvalue weighted by molar-refractivity contribution is -0.616. The Morgan fingerprint density at radius 2 is 1.07 bits per heavy atom. The van der Waals surface area contributed by atoms with E-state index in [1.807, 2.05) is 44.2 Å². The number of pyridine rings is 2. The summed E-state index contributed by atoms with van der Waals surface area (Å²) in [6, 6.07) is 35.5. The Hall–Kier alpha value is -7.54. The quantitative estimate of drug-likeness (QED) is 0.0647. The van der Waals surface area contributed by atoms with E-state index in [1.54, 1.807) is 97.2 Å². The topological polar surface area (TPSA) is 175 Å². The van der Waals surface area contributed by atoms with Crippen LogP contribution in [0.5, 0.6) is 11.5 Å². The van der Waals surface area contributed by atoms with Gasteiger partial charge in [-0.1, -0.05) is 18.2 Å². The van der Waals surface area contributed by atoms with Gasteiger partial charge in [0.1, 0.15) is 18.1 Å². The Balaban J connectivity index is 0.000000184. The second kappa shape index (κ2) is 19.5. The molecule has 310 valence electrons. The van der Waals surface area contributed by atoms with Crippen molar-refractivity contribution in [1.29, 1.82) is 0 Å². The van der Waals surface area contributed by atoms with E-state index in [4.69, 9.17) is 9.47 Å². The molecule has 4 amide bonds. The summed E-state index contributed by atoms with van der Waals surface area (Å²) in [5.41, 5.74) is 6.33. The Morgan fingerprint density at radius 1 is 0.590 bits per heavy atom. The van der Waals surface area contributed by atoms with Crippen molar-refractivity contribution in [3.8, 4) is 11.5 Å². The fourth-order valence-electron chi connectivity index (χ4n) is 5.96. The van der Waals surface area contributed by atoms with Crippen LogP contribution in [0.15, 0.2) is 134 Å². The van der Waals surface area contributed by atoms with Crippen molar-refractivity contribution in [3.05, 3.63) is 184 Å². The number of aryl methyl sites for hydroxylation is 2. The molecule has 2 heterocycles. The molecule has 0 saturated heterocycles. The van der Waals surface area contributed by atoms with Crippen LogP contribution >= 0.6 is 0 Å². The van der Waals surface area contributed by atoms with E-state index in [0.29, 0.717) is 57.4 Å². The van der Waals surface area contributed by atoms with Gasteiger partial charge in [0.25, 0.3) is 23.6 Å². The predicted octanol–water partition coefficient (Wildman–Crippen LogP) is 7.47. The molecule has 0 radical (unpaired) electrons. The number of carbonyl (C=O) groups excluding carboxylic acids is 4. The molecule has 0 spiro atoms. The van der Waals surface area contributed by atoms with E-state index < -0.39 is 0 Å². The van der Waals surface area contributed by atoms with Crippen LogP contribution in [0.3, 0.4) is 0 Å². The number of nitrogens with zero attached hydrogens (tertiary/aromatic N) is 2. The monoisotopic (exact) mass is 818 g/mol. The van der Waals surface area contributed by atoms with Gasteiger partial charge in [-0.15, -0.1) is 0 Å². The Kier molecular flexibility index (Phi) is 13.3. The number of aromatic nitrogens is 2. The number of anilines is 2. The lowest BCUT2D eigenvalue weighted by atomic mass is 10.1. The van der Waals surface area contributed by atoms with Crippen molar-refractivity contribution >= 4 is 35.0 Å². The third-order valence-electron chi connectivity index (χ3n) is 9.96. The summed E-state index contributed by atoms with van der Waals surface area (Å²) in [7, 11) is 0. The molecule has 13 nitrogen and oxygen atoms in total. The number of hydrogen-bond donors (Lipinski definition) is 4. The van der Waals surface area contributed by atoms with Gasteiger partial charge in [0, 0.05) is 64.0 Å². The first-order valence-corrected chi connectivity index (χ1v) is 20.1. The van der Waals surface area contributed by atoms with Crippen LogP contribution in [0.2, 0.25) is 0 Å². The van der Waals surface area contributed by atoms with Crippen LogP contribution in [0, 0.1) is 19.1 Å². The maximum atomic E-state index is 12.7. The average Bonchev–Trinajstić information content (AvgIpc) is 4.23. The van der Waals surface area contributed by atoms with Crippen molar-refractivity contribution in [2.75, 3.05) is 10.6 Å². The lowest BCUT2D eigenvalue weighted by Crippen LogP contribution is -2.31. The molecule has 6 aromatic rings. The van der Waals surface area contributed by atoms with E-state index in [2.05, 4.69) is 26.3 Å². The number of amides is 4.